The molecule has 0 saturated heterocycles. The van der Waals surface area contributed by atoms with Gasteiger partial charge >= 0.3 is 5.97 Å². The molecule has 0 unspecified atom stereocenters. The Balaban J connectivity index is 2.04. The van der Waals surface area contributed by atoms with Crippen LogP contribution in [0.2, 0.25) is 0 Å². The Labute approximate surface area is 218 Å². The SMILES string of the molecule is Cc1ccc(-c2c(C)c3c(c(C)c2CC(=O)O)N(S(C)(=O)=O)CS(=O)(=O)N(Cc2ccccc2)C3)cc1. The first-order valence-corrected chi connectivity index (χ1v) is 15.2. The van der Waals surface area contributed by atoms with E-state index in [9.17, 15) is 26.7 Å². The number of nitrogens with zero attached hydrogens (tertiary/aromatic N) is 2. The molecule has 0 aromatic heterocycles. The monoisotopic (exact) mass is 542 g/mol. The van der Waals surface area contributed by atoms with Crippen molar-refractivity contribution in [3.05, 3.63) is 88.0 Å². The standard InChI is InChI=1S/C27H30N2O6S2/c1-18-10-12-22(13-11-18)26-19(2)24-16-28(15-21-8-6-5-7-9-21)37(34,35)17-29(36(4,32)33)27(24)20(3)23(26)14-25(30)31/h5-13H,14-17H2,1-4H3,(H,30,31). The zero-order valence-electron chi connectivity index (χ0n) is 21.2. The van der Waals surface area contributed by atoms with E-state index < -0.39 is 31.9 Å². The van der Waals surface area contributed by atoms with Crippen LogP contribution >= 0.6 is 0 Å². The first-order chi connectivity index (χ1) is 17.3. The third-order valence-electron chi connectivity index (χ3n) is 6.75. The number of carbonyl (C=O) groups is 1. The van der Waals surface area contributed by atoms with Gasteiger partial charge in [-0.25, -0.2) is 16.8 Å². The molecule has 8 nitrogen and oxygen atoms in total. The number of fused-ring (bicyclic) bond motifs is 1. The summed E-state index contributed by atoms with van der Waals surface area (Å²) in [5, 5.41) is 9.74. The zero-order valence-corrected chi connectivity index (χ0v) is 22.9. The van der Waals surface area contributed by atoms with Crippen LogP contribution < -0.4 is 4.31 Å². The maximum Gasteiger partial charge on any atom is 0.307 e. The highest BCUT2D eigenvalue weighted by Crippen LogP contribution is 2.43. The van der Waals surface area contributed by atoms with Gasteiger partial charge in [0.2, 0.25) is 20.0 Å². The second-order valence-corrected chi connectivity index (χ2v) is 13.3. The Morgan fingerprint density at radius 3 is 2.16 bits per heavy atom. The van der Waals surface area contributed by atoms with Gasteiger partial charge in [0.05, 0.1) is 18.4 Å². The van der Waals surface area contributed by atoms with Gasteiger partial charge in [-0.3, -0.25) is 9.10 Å². The van der Waals surface area contributed by atoms with Crippen molar-refractivity contribution in [3.63, 3.8) is 0 Å². The van der Waals surface area contributed by atoms with Crippen molar-refractivity contribution in [2.24, 2.45) is 0 Å². The van der Waals surface area contributed by atoms with Crippen molar-refractivity contribution in [1.29, 1.82) is 0 Å². The largest absolute Gasteiger partial charge is 0.481 e. The molecule has 0 bridgehead atoms. The minimum Gasteiger partial charge on any atom is -0.481 e. The van der Waals surface area contributed by atoms with E-state index in [1.807, 2.05) is 61.5 Å². The number of hydrogen-bond acceptors (Lipinski definition) is 5. The van der Waals surface area contributed by atoms with Crippen molar-refractivity contribution in [2.75, 3.05) is 16.4 Å². The fourth-order valence-electron chi connectivity index (χ4n) is 4.90. The lowest BCUT2D eigenvalue weighted by molar-refractivity contribution is -0.136. The number of carboxylic acids is 1. The van der Waals surface area contributed by atoms with Crippen LogP contribution in [0.25, 0.3) is 11.1 Å². The third-order valence-corrected chi connectivity index (χ3v) is 9.66. The number of carboxylic acid groups (broad SMARTS) is 1. The van der Waals surface area contributed by atoms with E-state index in [0.29, 0.717) is 27.8 Å². The lowest BCUT2D eigenvalue weighted by Gasteiger charge is -2.28. The number of aliphatic carboxylic acids is 1. The minimum absolute atomic E-state index is 0.0442. The third kappa shape index (κ3) is 5.41. The summed E-state index contributed by atoms with van der Waals surface area (Å²) in [5.41, 5.74) is 5.65. The molecule has 1 heterocycles. The second kappa shape index (κ2) is 9.92. The van der Waals surface area contributed by atoms with Crippen LogP contribution in [0.1, 0.15) is 33.4 Å². The summed E-state index contributed by atoms with van der Waals surface area (Å²) in [6, 6.07) is 16.8. The Morgan fingerprint density at radius 2 is 1.59 bits per heavy atom. The number of hydrogen-bond donors (Lipinski definition) is 1. The van der Waals surface area contributed by atoms with Crippen LogP contribution in [0, 0.1) is 20.8 Å². The number of rotatable bonds is 6. The molecule has 0 fully saturated rings. The molecule has 1 aliphatic rings. The van der Waals surface area contributed by atoms with Gasteiger partial charge in [0.1, 0.15) is 5.88 Å². The Morgan fingerprint density at radius 1 is 0.973 bits per heavy atom. The molecule has 1 N–H and O–H groups in total. The smallest absolute Gasteiger partial charge is 0.307 e. The van der Waals surface area contributed by atoms with Crippen LogP contribution in [-0.4, -0.2) is 44.3 Å². The van der Waals surface area contributed by atoms with Crippen molar-refractivity contribution < 1.29 is 26.7 Å². The molecule has 0 amide bonds. The zero-order chi connectivity index (χ0) is 27.1. The van der Waals surface area contributed by atoms with E-state index in [4.69, 9.17) is 0 Å². The van der Waals surface area contributed by atoms with Gasteiger partial charge in [-0.1, -0.05) is 60.2 Å². The van der Waals surface area contributed by atoms with Crippen LogP contribution in [-0.2, 0) is 44.4 Å². The molecule has 10 heteroatoms. The molecule has 3 aromatic rings. The Kier molecular flexibility index (Phi) is 7.20. The second-order valence-electron chi connectivity index (χ2n) is 9.47. The van der Waals surface area contributed by atoms with Crippen molar-refractivity contribution in [3.8, 4) is 11.1 Å². The molecule has 196 valence electrons. The van der Waals surface area contributed by atoms with Gasteiger partial charge in [-0.05, 0) is 59.7 Å². The Bertz CT molecular complexity index is 1570. The average molecular weight is 543 g/mol. The summed E-state index contributed by atoms with van der Waals surface area (Å²) in [6.45, 7) is 5.46. The molecular formula is C27H30N2O6S2. The Hall–Kier alpha value is -3.21. The van der Waals surface area contributed by atoms with Gasteiger partial charge in [0.15, 0.2) is 0 Å². The summed E-state index contributed by atoms with van der Waals surface area (Å²) in [5.74, 6) is -1.82. The van der Waals surface area contributed by atoms with E-state index >= 15 is 0 Å². The lowest BCUT2D eigenvalue weighted by Crippen LogP contribution is -2.39. The predicted molar refractivity (Wildman–Crippen MR) is 144 cm³/mol. The summed E-state index contributed by atoms with van der Waals surface area (Å²) >= 11 is 0. The fraction of sp³-hybridized carbons (Fsp3) is 0.296. The van der Waals surface area contributed by atoms with Crippen LogP contribution in [0.5, 0.6) is 0 Å². The van der Waals surface area contributed by atoms with Crippen molar-refractivity contribution in [1.82, 2.24) is 4.31 Å². The topological polar surface area (TPSA) is 112 Å². The van der Waals surface area contributed by atoms with Gasteiger partial charge < -0.3 is 5.11 Å². The average Bonchev–Trinajstić information content (AvgIpc) is 2.93. The first kappa shape index (κ1) is 26.8. The highest BCUT2D eigenvalue weighted by molar-refractivity contribution is 7.94. The summed E-state index contributed by atoms with van der Waals surface area (Å²) in [6.07, 6.45) is 0.639. The summed E-state index contributed by atoms with van der Waals surface area (Å²) in [4.78, 5) is 11.9. The van der Waals surface area contributed by atoms with Gasteiger partial charge in [0.25, 0.3) is 0 Å². The molecule has 0 aliphatic carbocycles. The van der Waals surface area contributed by atoms with Crippen LogP contribution in [0.15, 0.2) is 54.6 Å². The van der Waals surface area contributed by atoms with E-state index in [-0.39, 0.29) is 25.2 Å². The summed E-state index contributed by atoms with van der Waals surface area (Å²) in [7, 11) is -8.06. The number of sulfonamides is 2. The maximum atomic E-state index is 13.5. The molecule has 0 spiro atoms. The molecule has 1 aliphatic heterocycles. The molecule has 0 atom stereocenters. The fourth-order valence-corrected chi connectivity index (χ4v) is 7.90. The van der Waals surface area contributed by atoms with Gasteiger partial charge in [-0.15, -0.1) is 0 Å². The molecule has 3 aromatic carbocycles. The lowest BCUT2D eigenvalue weighted by atomic mass is 9.85. The predicted octanol–water partition coefficient (Wildman–Crippen LogP) is 3.98. The maximum absolute atomic E-state index is 13.5. The molecule has 0 radical (unpaired) electrons. The molecule has 4 rings (SSSR count). The highest BCUT2D eigenvalue weighted by atomic mass is 32.2. The molecular weight excluding hydrogens is 512 g/mol. The quantitative estimate of drug-likeness (QED) is 0.504. The van der Waals surface area contributed by atoms with Gasteiger partial charge in [0, 0.05) is 13.1 Å². The van der Waals surface area contributed by atoms with E-state index in [1.54, 1.807) is 13.8 Å². The van der Waals surface area contributed by atoms with E-state index in [2.05, 4.69) is 0 Å². The number of benzene rings is 3. The van der Waals surface area contributed by atoms with Gasteiger partial charge in [-0.2, -0.15) is 4.31 Å². The van der Waals surface area contributed by atoms with Crippen LogP contribution in [0.3, 0.4) is 0 Å². The van der Waals surface area contributed by atoms with Crippen molar-refractivity contribution in [2.45, 2.75) is 40.3 Å². The van der Waals surface area contributed by atoms with E-state index in [1.165, 1.54) is 4.31 Å². The highest BCUT2D eigenvalue weighted by Gasteiger charge is 2.38. The van der Waals surface area contributed by atoms with Crippen LogP contribution in [0.4, 0.5) is 5.69 Å². The molecule has 37 heavy (non-hydrogen) atoms. The first-order valence-electron chi connectivity index (χ1n) is 11.7. The van der Waals surface area contributed by atoms with E-state index in [0.717, 1.165) is 27.3 Å². The number of aryl methyl sites for hydroxylation is 1. The minimum atomic E-state index is -4.05. The molecule has 0 saturated carbocycles. The normalized spacial score (nSPS) is 15.7. The summed E-state index contributed by atoms with van der Waals surface area (Å²) < 4.78 is 55.2. The number of anilines is 1. The van der Waals surface area contributed by atoms with Crippen molar-refractivity contribution >= 4 is 31.7 Å².